The van der Waals surface area contributed by atoms with Crippen LogP contribution in [0, 0.1) is 5.92 Å². The van der Waals surface area contributed by atoms with Gasteiger partial charge in [0.15, 0.2) is 5.82 Å². The Balaban J connectivity index is 1.33. The molecule has 0 N–H and O–H groups in total. The maximum atomic E-state index is 13.3. The monoisotopic (exact) mass is 418 g/mol. The van der Waals surface area contributed by atoms with E-state index in [1.54, 1.807) is 6.07 Å². The molecule has 160 valence electrons. The van der Waals surface area contributed by atoms with Crippen molar-refractivity contribution in [1.29, 1.82) is 0 Å². The lowest BCUT2D eigenvalue weighted by Crippen LogP contribution is -2.33. The Bertz CT molecular complexity index is 954. The highest BCUT2D eigenvalue weighted by Gasteiger charge is 2.49. The second kappa shape index (κ2) is 7.39. The summed E-state index contributed by atoms with van der Waals surface area (Å²) >= 11 is 0. The first-order valence-electron chi connectivity index (χ1n) is 10.8. The molecule has 3 aliphatic rings. The fourth-order valence-corrected chi connectivity index (χ4v) is 5.05. The highest BCUT2D eigenvalue weighted by molar-refractivity contribution is 5.83. The van der Waals surface area contributed by atoms with E-state index in [9.17, 15) is 18.0 Å². The number of aryl methyl sites for hydroxylation is 1. The van der Waals surface area contributed by atoms with Gasteiger partial charge in [0.25, 0.3) is 0 Å². The zero-order valence-corrected chi connectivity index (χ0v) is 16.7. The number of rotatable bonds is 3. The third-order valence-corrected chi connectivity index (χ3v) is 6.72. The Morgan fingerprint density at radius 1 is 1.07 bits per heavy atom. The van der Waals surface area contributed by atoms with Crippen LogP contribution in [-0.2, 0) is 23.9 Å². The van der Waals surface area contributed by atoms with Crippen molar-refractivity contribution >= 4 is 5.91 Å². The first kappa shape index (κ1) is 19.6. The lowest BCUT2D eigenvalue weighted by atomic mass is 10.0. The van der Waals surface area contributed by atoms with Crippen LogP contribution in [0.15, 0.2) is 24.3 Å². The topological polar surface area (TPSA) is 51.0 Å². The van der Waals surface area contributed by atoms with E-state index in [4.69, 9.17) is 0 Å². The Morgan fingerprint density at radius 2 is 1.93 bits per heavy atom. The number of likely N-dealkylation sites (tertiary alicyclic amines) is 1. The molecule has 2 aliphatic heterocycles. The van der Waals surface area contributed by atoms with Gasteiger partial charge in [-0.05, 0) is 49.7 Å². The van der Waals surface area contributed by atoms with Crippen LogP contribution in [0.5, 0.6) is 0 Å². The maximum Gasteiger partial charge on any atom is 0.416 e. The molecule has 1 amide bonds. The van der Waals surface area contributed by atoms with E-state index in [0.29, 0.717) is 18.5 Å². The molecule has 1 aromatic carbocycles. The molecule has 2 aromatic rings. The minimum Gasteiger partial charge on any atom is -0.332 e. The Hall–Kier alpha value is -2.38. The predicted molar refractivity (Wildman–Crippen MR) is 104 cm³/mol. The van der Waals surface area contributed by atoms with Crippen LogP contribution < -0.4 is 0 Å². The molecular weight excluding hydrogens is 393 g/mol. The fraction of sp³-hybridized carbons (Fsp3) is 0.591. The summed E-state index contributed by atoms with van der Waals surface area (Å²) in [5.41, 5.74) is -0.0430. The Morgan fingerprint density at radius 3 is 2.77 bits per heavy atom. The summed E-state index contributed by atoms with van der Waals surface area (Å²) in [5, 5.41) is 8.82. The van der Waals surface area contributed by atoms with Gasteiger partial charge in [-0.3, -0.25) is 4.79 Å². The average molecular weight is 418 g/mol. The van der Waals surface area contributed by atoms with Crippen LogP contribution in [0.25, 0.3) is 0 Å². The van der Waals surface area contributed by atoms with Crippen LogP contribution in [0.1, 0.15) is 73.3 Å². The third-order valence-electron chi connectivity index (χ3n) is 6.72. The number of carbonyl (C=O) groups is 1. The van der Waals surface area contributed by atoms with Gasteiger partial charge in [0.2, 0.25) is 5.91 Å². The van der Waals surface area contributed by atoms with Crippen molar-refractivity contribution in [2.45, 2.75) is 69.6 Å². The van der Waals surface area contributed by atoms with Crippen LogP contribution >= 0.6 is 0 Å². The number of benzene rings is 1. The van der Waals surface area contributed by atoms with E-state index in [-0.39, 0.29) is 23.8 Å². The van der Waals surface area contributed by atoms with Crippen LogP contribution in [0.3, 0.4) is 0 Å². The molecule has 30 heavy (non-hydrogen) atoms. The SMILES string of the molecule is O=C(C1CC1c1cccc(C(F)(F)F)c1)N1CCCC1c1nnc2n1CCCCC2. The number of hydrogen-bond donors (Lipinski definition) is 0. The number of fused-ring (bicyclic) bond motifs is 1. The van der Waals surface area contributed by atoms with Crippen molar-refractivity contribution < 1.29 is 18.0 Å². The van der Waals surface area contributed by atoms with Crippen molar-refractivity contribution in [3.8, 4) is 0 Å². The third kappa shape index (κ3) is 3.50. The molecule has 3 atom stereocenters. The molecule has 8 heteroatoms. The first-order valence-corrected chi connectivity index (χ1v) is 10.8. The maximum absolute atomic E-state index is 13.3. The van der Waals surface area contributed by atoms with Gasteiger partial charge in [-0.1, -0.05) is 24.6 Å². The minimum atomic E-state index is -4.37. The van der Waals surface area contributed by atoms with Gasteiger partial charge in [0.1, 0.15) is 5.82 Å². The molecule has 2 fully saturated rings. The molecule has 1 saturated carbocycles. The Kier molecular flexibility index (Phi) is 4.82. The van der Waals surface area contributed by atoms with Gasteiger partial charge in [0, 0.05) is 25.4 Å². The van der Waals surface area contributed by atoms with E-state index in [1.807, 2.05) is 4.90 Å². The van der Waals surface area contributed by atoms with Crippen LogP contribution in [0.4, 0.5) is 13.2 Å². The van der Waals surface area contributed by atoms with E-state index in [0.717, 1.165) is 56.4 Å². The molecule has 1 aromatic heterocycles. The van der Waals surface area contributed by atoms with Gasteiger partial charge in [-0.15, -0.1) is 10.2 Å². The summed E-state index contributed by atoms with van der Waals surface area (Å²) in [7, 11) is 0. The zero-order chi connectivity index (χ0) is 20.9. The Labute approximate surface area is 173 Å². The number of halogens is 3. The molecule has 0 spiro atoms. The van der Waals surface area contributed by atoms with E-state index in [1.165, 1.54) is 18.6 Å². The summed E-state index contributed by atoms with van der Waals surface area (Å²) in [5.74, 6) is 1.58. The number of nitrogens with zero attached hydrogens (tertiary/aromatic N) is 4. The summed E-state index contributed by atoms with van der Waals surface area (Å²) in [6.45, 7) is 1.57. The number of aromatic nitrogens is 3. The van der Waals surface area contributed by atoms with E-state index in [2.05, 4.69) is 14.8 Å². The van der Waals surface area contributed by atoms with Gasteiger partial charge in [-0.25, -0.2) is 0 Å². The second-order valence-corrected chi connectivity index (χ2v) is 8.70. The minimum absolute atomic E-state index is 0.0471. The van der Waals surface area contributed by atoms with Crippen molar-refractivity contribution in [3.63, 3.8) is 0 Å². The summed E-state index contributed by atoms with van der Waals surface area (Å²) in [4.78, 5) is 15.2. The number of carbonyl (C=O) groups excluding carboxylic acids is 1. The van der Waals surface area contributed by atoms with E-state index >= 15 is 0 Å². The lowest BCUT2D eigenvalue weighted by molar-refractivity contribution is -0.137. The van der Waals surface area contributed by atoms with Gasteiger partial charge in [-0.2, -0.15) is 13.2 Å². The summed E-state index contributed by atoms with van der Waals surface area (Å²) in [6, 6.07) is 5.34. The molecule has 5 rings (SSSR count). The predicted octanol–water partition coefficient (Wildman–Crippen LogP) is 4.49. The molecule has 1 saturated heterocycles. The van der Waals surface area contributed by atoms with E-state index < -0.39 is 11.7 Å². The summed E-state index contributed by atoms with van der Waals surface area (Å²) in [6.07, 6.45) is 2.34. The molecule has 0 bridgehead atoms. The molecular formula is C22H25F3N4O. The molecule has 0 radical (unpaired) electrons. The number of amides is 1. The summed E-state index contributed by atoms with van der Waals surface area (Å²) < 4.78 is 41.3. The molecule has 3 unspecified atom stereocenters. The van der Waals surface area contributed by atoms with Crippen molar-refractivity contribution in [2.75, 3.05) is 6.54 Å². The van der Waals surface area contributed by atoms with Gasteiger partial charge < -0.3 is 9.47 Å². The standard InChI is InChI=1S/C22H25F3N4O/c23-22(24,25)15-7-4-6-14(12-15)16-13-17(16)21(30)28-11-5-8-18(28)20-27-26-19-9-2-1-3-10-29(19)20/h4,6-7,12,16-18H,1-3,5,8-11,13H2. The highest BCUT2D eigenvalue weighted by Crippen LogP contribution is 2.50. The fourth-order valence-electron chi connectivity index (χ4n) is 5.05. The average Bonchev–Trinajstić information content (AvgIpc) is 3.31. The first-order chi connectivity index (χ1) is 14.4. The van der Waals surface area contributed by atoms with Crippen molar-refractivity contribution in [3.05, 3.63) is 47.0 Å². The number of hydrogen-bond acceptors (Lipinski definition) is 3. The smallest absolute Gasteiger partial charge is 0.332 e. The van der Waals surface area contributed by atoms with Gasteiger partial charge >= 0.3 is 6.18 Å². The van der Waals surface area contributed by atoms with Crippen molar-refractivity contribution in [1.82, 2.24) is 19.7 Å². The van der Waals surface area contributed by atoms with Gasteiger partial charge in [0.05, 0.1) is 11.6 Å². The number of alkyl halides is 3. The van der Waals surface area contributed by atoms with Crippen molar-refractivity contribution in [2.24, 2.45) is 5.92 Å². The molecule has 5 nitrogen and oxygen atoms in total. The lowest BCUT2D eigenvalue weighted by Gasteiger charge is -2.25. The highest BCUT2D eigenvalue weighted by atomic mass is 19.4. The largest absolute Gasteiger partial charge is 0.416 e. The van der Waals surface area contributed by atoms with Crippen LogP contribution in [0.2, 0.25) is 0 Å². The normalized spacial score (nSPS) is 26.4. The van der Waals surface area contributed by atoms with Crippen LogP contribution in [-0.4, -0.2) is 32.1 Å². The second-order valence-electron chi connectivity index (χ2n) is 8.70. The molecule has 1 aliphatic carbocycles. The zero-order valence-electron chi connectivity index (χ0n) is 16.7. The quantitative estimate of drug-likeness (QED) is 0.738. The molecule has 3 heterocycles.